The van der Waals surface area contributed by atoms with E-state index in [4.69, 9.17) is 0 Å². The number of hydrogen-bond acceptors (Lipinski definition) is 3. The normalized spacial score (nSPS) is 25.3. The van der Waals surface area contributed by atoms with Crippen LogP contribution in [0.5, 0.6) is 0 Å². The van der Waals surface area contributed by atoms with Crippen molar-refractivity contribution in [2.24, 2.45) is 17.8 Å². The van der Waals surface area contributed by atoms with Gasteiger partial charge in [-0.15, -0.1) is 0 Å². The third kappa shape index (κ3) is 3.98. The van der Waals surface area contributed by atoms with E-state index >= 15 is 0 Å². The van der Waals surface area contributed by atoms with Crippen molar-refractivity contribution in [1.82, 2.24) is 10.2 Å². The van der Waals surface area contributed by atoms with Crippen LogP contribution >= 0.6 is 0 Å². The van der Waals surface area contributed by atoms with Crippen LogP contribution in [-0.4, -0.2) is 47.2 Å². The highest BCUT2D eigenvalue weighted by atomic mass is 16.4. The molecule has 3 rings (SSSR count). The zero-order chi connectivity index (χ0) is 15.0. The van der Waals surface area contributed by atoms with Gasteiger partial charge in [0.05, 0.1) is 0 Å². The summed E-state index contributed by atoms with van der Waals surface area (Å²) in [4.78, 5) is 14.6. The highest BCUT2D eigenvalue weighted by Gasteiger charge is 2.52. The van der Waals surface area contributed by atoms with Crippen molar-refractivity contribution in [2.45, 2.75) is 64.0 Å². The van der Waals surface area contributed by atoms with Crippen LogP contribution in [0, 0.1) is 17.8 Å². The minimum atomic E-state index is -0.724. The first-order chi connectivity index (χ1) is 9.99. The molecule has 1 atom stereocenters. The van der Waals surface area contributed by atoms with Crippen LogP contribution in [0.3, 0.4) is 0 Å². The van der Waals surface area contributed by atoms with Gasteiger partial charge in [-0.2, -0.15) is 0 Å². The summed E-state index contributed by atoms with van der Waals surface area (Å²) in [7, 11) is 0. The van der Waals surface area contributed by atoms with E-state index in [0.717, 1.165) is 37.8 Å². The smallest absolute Gasteiger partial charge is 0.325 e. The Balaban J connectivity index is 1.71. The maximum Gasteiger partial charge on any atom is 0.325 e. The summed E-state index contributed by atoms with van der Waals surface area (Å²) >= 11 is 0. The molecule has 3 aliphatic rings. The number of hydrogen-bond donors (Lipinski definition) is 2. The van der Waals surface area contributed by atoms with Crippen LogP contribution < -0.4 is 5.32 Å². The summed E-state index contributed by atoms with van der Waals surface area (Å²) in [5, 5.41) is 13.4. The predicted molar refractivity (Wildman–Crippen MR) is 83.3 cm³/mol. The molecule has 0 heterocycles. The van der Waals surface area contributed by atoms with Gasteiger partial charge >= 0.3 is 5.97 Å². The number of aliphatic carboxylic acids is 1. The van der Waals surface area contributed by atoms with Gasteiger partial charge in [0, 0.05) is 25.7 Å². The van der Waals surface area contributed by atoms with E-state index in [-0.39, 0.29) is 6.04 Å². The first-order valence-electron chi connectivity index (χ1n) is 8.73. The number of nitrogens with zero attached hydrogens (tertiary/aromatic N) is 1. The molecule has 4 nitrogen and oxygen atoms in total. The zero-order valence-electron chi connectivity index (χ0n) is 13.5. The lowest BCUT2D eigenvalue weighted by Gasteiger charge is -2.38. The van der Waals surface area contributed by atoms with Crippen molar-refractivity contribution in [2.75, 3.05) is 19.6 Å². The topological polar surface area (TPSA) is 52.6 Å². The Morgan fingerprint density at radius 2 is 1.67 bits per heavy atom. The molecule has 0 radical (unpaired) electrons. The quantitative estimate of drug-likeness (QED) is 0.649. The van der Waals surface area contributed by atoms with Crippen molar-refractivity contribution >= 4 is 5.97 Å². The van der Waals surface area contributed by atoms with Crippen LogP contribution in [0.2, 0.25) is 0 Å². The van der Waals surface area contributed by atoms with E-state index in [1.165, 1.54) is 25.7 Å². The molecular formula is C17H30N2O2. The maximum absolute atomic E-state index is 12.1. The lowest BCUT2D eigenvalue weighted by Crippen LogP contribution is -2.62. The fourth-order valence-corrected chi connectivity index (χ4v) is 3.58. The van der Waals surface area contributed by atoms with E-state index in [2.05, 4.69) is 24.1 Å². The first kappa shape index (κ1) is 15.3. The van der Waals surface area contributed by atoms with Gasteiger partial charge in [0.25, 0.3) is 0 Å². The molecule has 2 N–H and O–H groups in total. The van der Waals surface area contributed by atoms with Gasteiger partial charge in [0.1, 0.15) is 5.54 Å². The second-order valence-electron chi connectivity index (χ2n) is 7.93. The van der Waals surface area contributed by atoms with Crippen molar-refractivity contribution in [3.05, 3.63) is 0 Å². The fraction of sp³-hybridized carbons (Fsp3) is 0.941. The molecule has 1 unspecified atom stereocenters. The Kier molecular flexibility index (Phi) is 4.28. The molecule has 0 bridgehead atoms. The summed E-state index contributed by atoms with van der Waals surface area (Å²) in [5.74, 6) is 1.33. The van der Waals surface area contributed by atoms with Crippen molar-refractivity contribution in [1.29, 1.82) is 0 Å². The largest absolute Gasteiger partial charge is 0.480 e. The number of carbonyl (C=O) groups is 1. The van der Waals surface area contributed by atoms with Gasteiger partial charge in [-0.3, -0.25) is 10.1 Å². The molecule has 0 spiro atoms. The lowest BCUT2D eigenvalue weighted by atomic mass is 9.91. The first-order valence-corrected chi connectivity index (χ1v) is 8.73. The van der Waals surface area contributed by atoms with Gasteiger partial charge in [-0.1, -0.05) is 0 Å². The number of carboxylic acid groups (broad SMARTS) is 1. The Hall–Kier alpha value is -0.610. The second-order valence-corrected chi connectivity index (χ2v) is 7.93. The molecule has 0 aliphatic heterocycles. The second kappa shape index (κ2) is 5.88. The fourth-order valence-electron chi connectivity index (χ4n) is 3.58. The summed E-state index contributed by atoms with van der Waals surface area (Å²) in [6.07, 6.45) is 7.47. The average molecular weight is 294 g/mol. The van der Waals surface area contributed by atoms with E-state index in [1.807, 2.05) is 0 Å². The Morgan fingerprint density at radius 3 is 2.00 bits per heavy atom. The monoisotopic (exact) mass is 294 g/mol. The number of nitrogens with one attached hydrogen (secondary N) is 1. The maximum atomic E-state index is 12.1. The lowest BCUT2D eigenvalue weighted by molar-refractivity contribution is -0.147. The molecule has 120 valence electrons. The highest BCUT2D eigenvalue weighted by Crippen LogP contribution is 2.42. The number of rotatable bonds is 10. The van der Waals surface area contributed by atoms with E-state index < -0.39 is 11.5 Å². The molecular weight excluding hydrogens is 264 g/mol. The van der Waals surface area contributed by atoms with Crippen LogP contribution in [0.4, 0.5) is 0 Å². The van der Waals surface area contributed by atoms with Crippen LogP contribution in [0.15, 0.2) is 0 Å². The third-order valence-electron chi connectivity index (χ3n) is 5.10. The zero-order valence-corrected chi connectivity index (χ0v) is 13.5. The molecule has 0 amide bonds. The van der Waals surface area contributed by atoms with Gasteiger partial charge in [0.2, 0.25) is 0 Å². The molecule has 4 heteroatoms. The van der Waals surface area contributed by atoms with Gasteiger partial charge in [0.15, 0.2) is 0 Å². The van der Waals surface area contributed by atoms with Crippen LogP contribution in [-0.2, 0) is 4.79 Å². The SMILES string of the molecule is CC(C)NC(CN(CC1CC1)CC1CC1)(C(=O)O)C1CC1. The van der Waals surface area contributed by atoms with Crippen LogP contribution in [0.1, 0.15) is 52.4 Å². The van der Waals surface area contributed by atoms with Crippen LogP contribution in [0.25, 0.3) is 0 Å². The Morgan fingerprint density at radius 1 is 1.14 bits per heavy atom. The summed E-state index contributed by atoms with van der Waals surface area (Å²) in [5.41, 5.74) is -0.724. The summed E-state index contributed by atoms with van der Waals surface area (Å²) < 4.78 is 0. The minimum absolute atomic E-state index is 0.213. The van der Waals surface area contributed by atoms with E-state index in [9.17, 15) is 9.90 Å². The highest BCUT2D eigenvalue weighted by molar-refractivity contribution is 5.80. The molecule has 0 aromatic carbocycles. The standard InChI is InChI=1S/C17H30N2O2/c1-12(2)18-17(16(20)21,15-7-8-15)11-19(9-13-3-4-13)10-14-5-6-14/h12-15,18H,3-11H2,1-2H3,(H,20,21). The molecule has 21 heavy (non-hydrogen) atoms. The number of carboxylic acids is 1. The molecule has 0 aromatic heterocycles. The van der Waals surface area contributed by atoms with Crippen molar-refractivity contribution in [3.8, 4) is 0 Å². The summed E-state index contributed by atoms with van der Waals surface area (Å²) in [6, 6.07) is 0.213. The molecule has 0 saturated heterocycles. The molecule has 3 saturated carbocycles. The minimum Gasteiger partial charge on any atom is -0.480 e. The van der Waals surface area contributed by atoms with E-state index in [1.54, 1.807) is 0 Å². The predicted octanol–water partition coefficient (Wildman–Crippen LogP) is 2.34. The Bertz CT molecular complexity index is 372. The van der Waals surface area contributed by atoms with Gasteiger partial charge in [-0.25, -0.2) is 0 Å². The molecule has 3 fully saturated rings. The van der Waals surface area contributed by atoms with Crippen molar-refractivity contribution < 1.29 is 9.90 Å². The van der Waals surface area contributed by atoms with Crippen molar-refractivity contribution in [3.63, 3.8) is 0 Å². The van der Waals surface area contributed by atoms with Gasteiger partial charge < -0.3 is 10.0 Å². The third-order valence-corrected chi connectivity index (χ3v) is 5.10. The van der Waals surface area contributed by atoms with Gasteiger partial charge in [-0.05, 0) is 70.1 Å². The molecule has 3 aliphatic carbocycles. The van der Waals surface area contributed by atoms with E-state index in [0.29, 0.717) is 12.5 Å². The Labute approximate surface area is 128 Å². The summed E-state index contributed by atoms with van der Waals surface area (Å²) in [6.45, 7) is 7.03. The molecule has 0 aromatic rings. The average Bonchev–Trinajstić information content (AvgIpc) is 3.24.